The van der Waals surface area contributed by atoms with Gasteiger partial charge in [-0.15, -0.1) is 0 Å². The number of carbonyl (C=O) groups is 1. The lowest BCUT2D eigenvalue weighted by Gasteiger charge is -2.33. The largest absolute Gasteiger partial charge is 0.305 e. The zero-order valence-electron chi connectivity index (χ0n) is 10.5. The first-order chi connectivity index (χ1) is 7.92. The normalized spacial score (nSPS) is 24.2. The molecule has 0 aliphatic heterocycles. The summed E-state index contributed by atoms with van der Waals surface area (Å²) in [4.78, 5) is 10.9. The van der Waals surface area contributed by atoms with E-state index in [1.54, 1.807) is 0 Å². The van der Waals surface area contributed by atoms with Crippen LogP contribution in [0.5, 0.6) is 0 Å². The highest BCUT2D eigenvalue weighted by molar-refractivity contribution is 6.64. The van der Waals surface area contributed by atoms with Crippen molar-refractivity contribution < 1.29 is 4.79 Å². The van der Waals surface area contributed by atoms with Gasteiger partial charge in [0.1, 0.15) is 6.29 Å². The van der Waals surface area contributed by atoms with E-state index in [-0.39, 0.29) is 0 Å². The number of rotatable bonds is 4. The third-order valence-electron chi connectivity index (χ3n) is 4.88. The molecule has 0 radical (unpaired) electrons. The Kier molecular flexibility index (Phi) is 5.39. The van der Waals surface area contributed by atoms with Crippen molar-refractivity contribution in [3.63, 3.8) is 0 Å². The van der Waals surface area contributed by atoms with Crippen LogP contribution in [0, 0.1) is 0 Å². The summed E-state index contributed by atoms with van der Waals surface area (Å²) in [7, 11) is 0. The summed E-state index contributed by atoms with van der Waals surface area (Å²) in [5, 5.41) is 0.981. The molecule has 2 heteroatoms. The van der Waals surface area contributed by atoms with E-state index in [0.29, 0.717) is 0 Å². The predicted molar refractivity (Wildman–Crippen MR) is 70.3 cm³/mol. The third-order valence-corrected chi connectivity index (χ3v) is 9.37. The average Bonchev–Trinajstić information content (AvgIpc) is 2.38. The Morgan fingerprint density at radius 1 is 0.812 bits per heavy atom. The predicted octanol–water partition coefficient (Wildman–Crippen LogP) is 4.35. The monoisotopic (exact) mass is 236 g/mol. The van der Waals surface area contributed by atoms with Gasteiger partial charge in [0.2, 0.25) is 0 Å². The van der Waals surface area contributed by atoms with E-state index in [2.05, 4.69) is 0 Å². The van der Waals surface area contributed by atoms with Crippen LogP contribution in [-0.4, -0.2) is 20.4 Å². The summed E-state index contributed by atoms with van der Waals surface area (Å²) in [6, 6.07) is 0. The van der Waals surface area contributed by atoms with Crippen molar-refractivity contribution in [2.75, 3.05) is 0 Å². The lowest BCUT2D eigenvalue weighted by molar-refractivity contribution is -0.106. The minimum atomic E-state index is -0.765. The number of hydrogen-bond acceptors (Lipinski definition) is 1. The second kappa shape index (κ2) is 6.82. The highest BCUT2D eigenvalue weighted by Crippen LogP contribution is 2.42. The zero-order valence-corrected chi connectivity index (χ0v) is 11.7. The van der Waals surface area contributed by atoms with Crippen molar-refractivity contribution in [1.29, 1.82) is 0 Å². The molecule has 0 aromatic carbocycles. The minimum Gasteiger partial charge on any atom is -0.305 e. The molecule has 0 bridgehead atoms. The van der Waals surface area contributed by atoms with Gasteiger partial charge in [0.15, 0.2) is 0 Å². The lowest BCUT2D eigenvalue weighted by Crippen LogP contribution is -2.30. The van der Waals surface area contributed by atoms with Gasteiger partial charge in [0.25, 0.3) is 14.1 Å². The first-order valence-electron chi connectivity index (χ1n) is 7.35. The van der Waals surface area contributed by atoms with E-state index >= 15 is 0 Å². The fourth-order valence-electron chi connectivity index (χ4n) is 4.01. The maximum atomic E-state index is 10.9. The number of aldehydes is 1. The number of hydrogen-bond donors (Lipinski definition) is 0. The molecule has 2 saturated carbocycles. The van der Waals surface area contributed by atoms with E-state index < -0.39 is 14.1 Å². The molecule has 2 fully saturated rings. The standard InChI is InChI=1S/2C6H11.C2H3O.Al/c2*1-2-4-6-5-3-1;1-2-3;/h2*1H,2-6H2;2H,1H2;. The molecule has 1 nitrogen and oxygen atoms in total. The van der Waals surface area contributed by atoms with Gasteiger partial charge in [0, 0.05) is 0 Å². The van der Waals surface area contributed by atoms with E-state index in [1.165, 1.54) is 70.5 Å². The van der Waals surface area contributed by atoms with E-state index in [4.69, 9.17) is 0 Å². The molecule has 2 aliphatic carbocycles. The summed E-state index contributed by atoms with van der Waals surface area (Å²) < 4.78 is 2.03. The van der Waals surface area contributed by atoms with Crippen molar-refractivity contribution in [3.05, 3.63) is 0 Å². The van der Waals surface area contributed by atoms with Gasteiger partial charge in [0.05, 0.1) is 0 Å². The van der Waals surface area contributed by atoms with Crippen LogP contribution in [0.25, 0.3) is 0 Å². The topological polar surface area (TPSA) is 17.1 Å². The van der Waals surface area contributed by atoms with Gasteiger partial charge < -0.3 is 4.79 Å². The first kappa shape index (κ1) is 12.7. The average molecular weight is 236 g/mol. The van der Waals surface area contributed by atoms with Crippen LogP contribution in [0.3, 0.4) is 0 Å². The maximum absolute atomic E-state index is 10.9. The molecule has 0 spiro atoms. The first-order valence-corrected chi connectivity index (χ1v) is 9.50. The van der Waals surface area contributed by atoms with Crippen LogP contribution < -0.4 is 0 Å². The van der Waals surface area contributed by atoms with Crippen LogP contribution >= 0.6 is 0 Å². The molecule has 0 saturated heterocycles. The molecule has 0 heterocycles. The van der Waals surface area contributed by atoms with Crippen molar-refractivity contribution in [2.45, 2.75) is 79.1 Å². The summed E-state index contributed by atoms with van der Waals surface area (Å²) in [5.41, 5.74) is 0. The van der Waals surface area contributed by atoms with E-state index in [1.807, 2.05) is 0 Å². The summed E-state index contributed by atoms with van der Waals surface area (Å²) in [6.07, 6.45) is 15.8. The van der Waals surface area contributed by atoms with Gasteiger partial charge in [-0.05, 0) is 5.28 Å². The molecule has 0 amide bonds. The van der Waals surface area contributed by atoms with E-state index in [9.17, 15) is 4.79 Å². The quantitative estimate of drug-likeness (QED) is 0.524. The fraction of sp³-hybridized carbons (Fsp3) is 0.929. The van der Waals surface area contributed by atoms with Crippen molar-refractivity contribution in [1.82, 2.24) is 0 Å². The van der Waals surface area contributed by atoms with Crippen LogP contribution in [0.4, 0.5) is 0 Å². The van der Waals surface area contributed by atoms with Crippen molar-refractivity contribution in [2.24, 2.45) is 0 Å². The maximum Gasteiger partial charge on any atom is 0.278 e. The van der Waals surface area contributed by atoms with Crippen LogP contribution in [0.1, 0.15) is 64.2 Å². The van der Waals surface area contributed by atoms with Gasteiger partial charge in [-0.1, -0.05) is 73.8 Å². The molecule has 0 unspecified atom stereocenters. The second-order valence-corrected chi connectivity index (χ2v) is 9.55. The van der Waals surface area contributed by atoms with Gasteiger partial charge in [-0.3, -0.25) is 0 Å². The lowest BCUT2D eigenvalue weighted by atomic mass is 9.99. The summed E-state index contributed by atoms with van der Waals surface area (Å²) >= 11 is -0.765. The molecule has 0 aromatic rings. The van der Waals surface area contributed by atoms with Crippen molar-refractivity contribution in [3.8, 4) is 0 Å². The number of carbonyl (C=O) groups excluding carboxylic acids is 1. The molecule has 0 atom stereocenters. The molecular weight excluding hydrogens is 211 g/mol. The molecule has 16 heavy (non-hydrogen) atoms. The molecule has 0 aromatic heterocycles. The molecule has 2 rings (SSSR count). The summed E-state index contributed by atoms with van der Waals surface area (Å²) in [5.74, 6) is 0. The highest BCUT2D eigenvalue weighted by Gasteiger charge is 2.35. The molecule has 90 valence electrons. The van der Waals surface area contributed by atoms with Crippen LogP contribution in [0.2, 0.25) is 14.8 Å². The Morgan fingerprint density at radius 2 is 1.25 bits per heavy atom. The SMILES string of the molecule is O=C[CH2][Al]([CH]1CCCCC1)[CH]1CCCCC1. The van der Waals surface area contributed by atoms with Gasteiger partial charge in [-0.2, -0.15) is 0 Å². The van der Waals surface area contributed by atoms with Gasteiger partial charge >= 0.3 is 0 Å². The minimum absolute atomic E-state index is 0.765. The molecular formula is C14H25AlO. The fourth-order valence-corrected chi connectivity index (χ4v) is 8.42. The third kappa shape index (κ3) is 3.35. The van der Waals surface area contributed by atoms with Gasteiger partial charge in [-0.25, -0.2) is 0 Å². The zero-order chi connectivity index (χ0) is 11.2. The van der Waals surface area contributed by atoms with Crippen LogP contribution in [0.15, 0.2) is 0 Å². The second-order valence-electron chi connectivity index (χ2n) is 5.86. The molecule has 2 aliphatic rings. The smallest absolute Gasteiger partial charge is 0.278 e. The molecule has 0 N–H and O–H groups in total. The Balaban J connectivity index is 1.93. The Morgan fingerprint density at radius 3 is 1.62 bits per heavy atom. The Labute approximate surface area is 104 Å². The summed E-state index contributed by atoms with van der Waals surface area (Å²) in [6.45, 7) is 0. The van der Waals surface area contributed by atoms with Crippen LogP contribution in [-0.2, 0) is 4.79 Å². The Bertz CT molecular complexity index is 187. The van der Waals surface area contributed by atoms with E-state index in [0.717, 1.165) is 14.8 Å². The Hall–Kier alpha value is 0.202. The highest BCUT2D eigenvalue weighted by atomic mass is 27.2. The van der Waals surface area contributed by atoms with Crippen molar-refractivity contribution >= 4 is 20.4 Å².